The summed E-state index contributed by atoms with van der Waals surface area (Å²) in [5.41, 5.74) is 7.10. The summed E-state index contributed by atoms with van der Waals surface area (Å²) in [6.45, 7) is 0. The van der Waals surface area contributed by atoms with E-state index in [0.29, 0.717) is 12.0 Å². The highest BCUT2D eigenvalue weighted by Gasteiger charge is 2.27. The van der Waals surface area contributed by atoms with Gasteiger partial charge in [0.2, 0.25) is 0 Å². The van der Waals surface area contributed by atoms with Crippen LogP contribution in [0, 0.1) is 0 Å². The molecule has 3 nitrogen and oxygen atoms in total. The van der Waals surface area contributed by atoms with E-state index in [1.807, 2.05) is 0 Å². The lowest BCUT2D eigenvalue weighted by atomic mass is 10.0. The lowest BCUT2D eigenvalue weighted by molar-refractivity contribution is 0.409. The minimum Gasteiger partial charge on any atom is -0.473 e. The molecular weight excluding hydrogens is 184 g/mol. The Morgan fingerprint density at radius 3 is 3.00 bits per heavy atom. The Kier molecular flexibility index (Phi) is 2.51. The van der Waals surface area contributed by atoms with Gasteiger partial charge in [-0.25, -0.2) is 4.98 Å². The topological polar surface area (TPSA) is 48.1 Å². The van der Waals surface area contributed by atoms with E-state index in [1.54, 1.807) is 18.4 Å². The van der Waals surface area contributed by atoms with Gasteiger partial charge in [0.05, 0.1) is 12.8 Å². The van der Waals surface area contributed by atoms with Gasteiger partial charge in [0.15, 0.2) is 0 Å². The van der Waals surface area contributed by atoms with Crippen LogP contribution in [0.15, 0.2) is 5.38 Å². The molecular formula is C9H14N2OS. The summed E-state index contributed by atoms with van der Waals surface area (Å²) in [5.74, 6) is 0.458. The van der Waals surface area contributed by atoms with E-state index in [4.69, 9.17) is 10.5 Å². The number of ether oxygens (including phenoxy) is 1. The fraction of sp³-hybridized carbons (Fsp3) is 0.667. The van der Waals surface area contributed by atoms with Crippen LogP contribution in [0.25, 0.3) is 0 Å². The predicted molar refractivity (Wildman–Crippen MR) is 53.2 cm³/mol. The molecule has 2 unspecified atom stereocenters. The maximum atomic E-state index is 5.99. The molecule has 1 aliphatic rings. The molecule has 1 aromatic heterocycles. The number of nitrogens with two attached hydrogens (primary N) is 1. The highest BCUT2D eigenvalue weighted by molar-refractivity contribution is 7.11. The van der Waals surface area contributed by atoms with Crippen molar-refractivity contribution < 1.29 is 4.74 Å². The maximum Gasteiger partial charge on any atom is 0.273 e. The average Bonchev–Trinajstić information content (AvgIpc) is 2.71. The first-order valence-corrected chi connectivity index (χ1v) is 5.44. The molecule has 0 amide bonds. The van der Waals surface area contributed by atoms with Crippen molar-refractivity contribution in [1.29, 1.82) is 0 Å². The highest BCUT2D eigenvalue weighted by atomic mass is 32.1. The summed E-state index contributed by atoms with van der Waals surface area (Å²) in [4.78, 5) is 4.38. The Labute approximate surface area is 81.9 Å². The number of hydrogen-bond acceptors (Lipinski definition) is 4. The smallest absolute Gasteiger partial charge is 0.273 e. The molecule has 0 aromatic carbocycles. The number of rotatable bonds is 2. The molecule has 72 valence electrons. The van der Waals surface area contributed by atoms with Gasteiger partial charge in [-0.05, 0) is 12.8 Å². The first kappa shape index (κ1) is 8.97. The summed E-state index contributed by atoms with van der Waals surface area (Å²) < 4.78 is 5.06. The van der Waals surface area contributed by atoms with Crippen LogP contribution in [0.1, 0.15) is 30.9 Å². The van der Waals surface area contributed by atoms with Gasteiger partial charge in [-0.15, -0.1) is 0 Å². The summed E-state index contributed by atoms with van der Waals surface area (Å²) in [6.07, 6.45) is 3.53. The SMILES string of the molecule is COc1nc(C2CCCC2N)cs1. The number of aromatic nitrogens is 1. The Balaban J connectivity index is 2.15. The first-order valence-electron chi connectivity index (χ1n) is 4.56. The van der Waals surface area contributed by atoms with Gasteiger partial charge in [0, 0.05) is 17.3 Å². The first-order chi connectivity index (χ1) is 6.31. The van der Waals surface area contributed by atoms with Gasteiger partial charge in [0.25, 0.3) is 5.19 Å². The Morgan fingerprint density at radius 2 is 2.46 bits per heavy atom. The molecule has 1 fully saturated rings. The molecule has 0 aliphatic heterocycles. The third kappa shape index (κ3) is 1.69. The molecule has 1 aromatic rings. The molecule has 1 saturated carbocycles. The van der Waals surface area contributed by atoms with Crippen LogP contribution in [-0.2, 0) is 0 Å². The quantitative estimate of drug-likeness (QED) is 0.787. The van der Waals surface area contributed by atoms with Crippen LogP contribution < -0.4 is 10.5 Å². The normalized spacial score (nSPS) is 27.8. The van der Waals surface area contributed by atoms with Crippen molar-refractivity contribution in [2.75, 3.05) is 7.11 Å². The van der Waals surface area contributed by atoms with Crippen molar-refractivity contribution >= 4 is 11.3 Å². The van der Waals surface area contributed by atoms with Gasteiger partial charge in [0.1, 0.15) is 0 Å². The second-order valence-electron chi connectivity index (χ2n) is 3.44. The monoisotopic (exact) mass is 198 g/mol. The van der Waals surface area contributed by atoms with Gasteiger partial charge < -0.3 is 10.5 Å². The molecule has 13 heavy (non-hydrogen) atoms. The molecule has 1 heterocycles. The van der Waals surface area contributed by atoms with Gasteiger partial charge >= 0.3 is 0 Å². The molecule has 0 bridgehead atoms. The minimum atomic E-state index is 0.298. The summed E-state index contributed by atoms with van der Waals surface area (Å²) in [5, 5.41) is 2.81. The lowest BCUT2D eigenvalue weighted by Gasteiger charge is -2.11. The Bertz CT molecular complexity index is 287. The molecule has 0 saturated heterocycles. The summed E-state index contributed by atoms with van der Waals surface area (Å²) in [7, 11) is 1.65. The van der Waals surface area contributed by atoms with Crippen LogP contribution in [0.2, 0.25) is 0 Å². The van der Waals surface area contributed by atoms with Gasteiger partial charge in [-0.3, -0.25) is 0 Å². The number of hydrogen-bond donors (Lipinski definition) is 1. The predicted octanol–water partition coefficient (Wildman–Crippen LogP) is 1.75. The maximum absolute atomic E-state index is 5.99. The average molecular weight is 198 g/mol. The van der Waals surface area contributed by atoms with Crippen molar-refractivity contribution in [3.8, 4) is 5.19 Å². The van der Waals surface area contributed by atoms with E-state index < -0.39 is 0 Å². The fourth-order valence-electron chi connectivity index (χ4n) is 1.89. The van der Waals surface area contributed by atoms with Crippen molar-refractivity contribution in [2.24, 2.45) is 5.73 Å². The third-order valence-corrected chi connectivity index (χ3v) is 3.44. The summed E-state index contributed by atoms with van der Waals surface area (Å²) >= 11 is 1.55. The van der Waals surface area contributed by atoms with Crippen LogP contribution in [-0.4, -0.2) is 18.1 Å². The molecule has 0 radical (unpaired) electrons. The van der Waals surface area contributed by atoms with Crippen molar-refractivity contribution in [1.82, 2.24) is 4.98 Å². The Hall–Kier alpha value is -0.610. The Morgan fingerprint density at radius 1 is 1.62 bits per heavy atom. The van der Waals surface area contributed by atoms with Crippen molar-refractivity contribution in [2.45, 2.75) is 31.2 Å². The molecule has 0 spiro atoms. The molecule has 4 heteroatoms. The third-order valence-electron chi connectivity index (χ3n) is 2.62. The second-order valence-corrected chi connectivity index (χ2v) is 4.26. The largest absolute Gasteiger partial charge is 0.473 e. The standard InChI is InChI=1S/C9H14N2OS/c1-12-9-11-8(5-13-9)6-3-2-4-7(6)10/h5-7H,2-4,10H2,1H3. The van der Waals surface area contributed by atoms with Crippen molar-refractivity contribution in [3.63, 3.8) is 0 Å². The molecule has 1 aliphatic carbocycles. The highest BCUT2D eigenvalue weighted by Crippen LogP contribution is 2.35. The lowest BCUT2D eigenvalue weighted by Crippen LogP contribution is -2.22. The second kappa shape index (κ2) is 3.64. The zero-order chi connectivity index (χ0) is 9.26. The van der Waals surface area contributed by atoms with E-state index in [9.17, 15) is 0 Å². The number of nitrogens with zero attached hydrogens (tertiary/aromatic N) is 1. The zero-order valence-electron chi connectivity index (χ0n) is 7.69. The summed E-state index contributed by atoms with van der Waals surface area (Å²) in [6, 6.07) is 0.298. The van der Waals surface area contributed by atoms with E-state index in [2.05, 4.69) is 10.4 Å². The molecule has 2 N–H and O–H groups in total. The van der Waals surface area contributed by atoms with Gasteiger partial charge in [-0.2, -0.15) is 0 Å². The van der Waals surface area contributed by atoms with E-state index in [0.717, 1.165) is 17.3 Å². The zero-order valence-corrected chi connectivity index (χ0v) is 8.51. The molecule has 2 rings (SSSR count). The van der Waals surface area contributed by atoms with Crippen LogP contribution in [0.3, 0.4) is 0 Å². The van der Waals surface area contributed by atoms with Crippen molar-refractivity contribution in [3.05, 3.63) is 11.1 Å². The van der Waals surface area contributed by atoms with E-state index in [1.165, 1.54) is 12.8 Å². The van der Waals surface area contributed by atoms with Crippen LogP contribution in [0.4, 0.5) is 0 Å². The minimum absolute atomic E-state index is 0.298. The van der Waals surface area contributed by atoms with Crippen LogP contribution >= 0.6 is 11.3 Å². The van der Waals surface area contributed by atoms with Crippen LogP contribution in [0.5, 0.6) is 5.19 Å². The number of methoxy groups -OCH3 is 1. The molecule has 2 atom stereocenters. The van der Waals surface area contributed by atoms with E-state index >= 15 is 0 Å². The fourth-order valence-corrected chi connectivity index (χ4v) is 2.59. The van der Waals surface area contributed by atoms with Gasteiger partial charge in [-0.1, -0.05) is 17.8 Å². The number of thiazole rings is 1. The van der Waals surface area contributed by atoms with E-state index in [-0.39, 0.29) is 0 Å².